The molecule has 0 radical (unpaired) electrons. The Labute approximate surface area is 150 Å². The zero-order valence-electron chi connectivity index (χ0n) is 12.7. The molecule has 3 rings (SSSR count). The van der Waals surface area contributed by atoms with Gasteiger partial charge in [-0.2, -0.15) is 0 Å². The van der Waals surface area contributed by atoms with Gasteiger partial charge in [0.25, 0.3) is 0 Å². The van der Waals surface area contributed by atoms with E-state index < -0.39 is 0 Å². The predicted octanol–water partition coefficient (Wildman–Crippen LogP) is 4.13. The lowest BCUT2D eigenvalue weighted by atomic mass is 10.1. The minimum absolute atomic E-state index is 0.408. The van der Waals surface area contributed by atoms with E-state index in [2.05, 4.69) is 68.6 Å². The summed E-state index contributed by atoms with van der Waals surface area (Å²) in [5.41, 5.74) is 8.27. The van der Waals surface area contributed by atoms with E-state index in [0.29, 0.717) is 5.92 Å². The summed E-state index contributed by atoms with van der Waals surface area (Å²) in [6, 6.07) is 16.4. The number of nitrogens with one attached hydrogen (secondary N) is 1. The standard InChI is InChI=1S/C18H19BrClN3/c19-15-3-7-17(8-4-15)23(12-14-9-18(21)22-10-14)11-13-1-5-16(20)6-2-13/h1-9,14,22H,10-12,21H2/t14-/m1/s1. The number of halogens is 2. The van der Waals surface area contributed by atoms with Gasteiger partial charge in [0.1, 0.15) is 0 Å². The van der Waals surface area contributed by atoms with Gasteiger partial charge in [-0.15, -0.1) is 0 Å². The summed E-state index contributed by atoms with van der Waals surface area (Å²) in [5, 5.41) is 3.96. The van der Waals surface area contributed by atoms with Crippen molar-refractivity contribution in [3.63, 3.8) is 0 Å². The molecule has 0 saturated carbocycles. The zero-order chi connectivity index (χ0) is 16.2. The third-order valence-electron chi connectivity index (χ3n) is 3.92. The molecule has 0 spiro atoms. The van der Waals surface area contributed by atoms with Crippen LogP contribution in [0.3, 0.4) is 0 Å². The van der Waals surface area contributed by atoms with Crippen LogP contribution in [0.25, 0.3) is 0 Å². The van der Waals surface area contributed by atoms with Gasteiger partial charge in [0.05, 0.1) is 5.82 Å². The van der Waals surface area contributed by atoms with Gasteiger partial charge in [0.15, 0.2) is 0 Å². The Hall–Kier alpha value is -1.65. The Morgan fingerprint density at radius 1 is 1.13 bits per heavy atom. The van der Waals surface area contributed by atoms with Crippen LogP contribution in [-0.2, 0) is 6.54 Å². The maximum atomic E-state index is 5.99. The van der Waals surface area contributed by atoms with Crippen LogP contribution in [0.2, 0.25) is 5.02 Å². The molecule has 1 heterocycles. The van der Waals surface area contributed by atoms with E-state index in [4.69, 9.17) is 17.3 Å². The Morgan fingerprint density at radius 3 is 2.43 bits per heavy atom. The number of nitrogens with zero attached hydrogens (tertiary/aromatic N) is 1. The molecular weight excluding hydrogens is 374 g/mol. The molecule has 2 aromatic rings. The minimum Gasteiger partial charge on any atom is -0.386 e. The molecule has 0 aromatic heterocycles. The third-order valence-corrected chi connectivity index (χ3v) is 4.70. The molecule has 0 amide bonds. The number of hydrogen-bond acceptors (Lipinski definition) is 3. The van der Waals surface area contributed by atoms with Crippen molar-refractivity contribution < 1.29 is 0 Å². The molecule has 2 aromatic carbocycles. The number of rotatable bonds is 5. The highest BCUT2D eigenvalue weighted by atomic mass is 79.9. The third kappa shape index (κ3) is 4.43. The summed E-state index contributed by atoms with van der Waals surface area (Å²) in [5.74, 6) is 1.18. The summed E-state index contributed by atoms with van der Waals surface area (Å²) in [7, 11) is 0. The average Bonchev–Trinajstić information content (AvgIpc) is 2.95. The lowest BCUT2D eigenvalue weighted by Crippen LogP contribution is -2.30. The normalized spacial score (nSPS) is 16.8. The van der Waals surface area contributed by atoms with Crippen molar-refractivity contribution in [1.82, 2.24) is 5.32 Å². The van der Waals surface area contributed by atoms with Gasteiger partial charge >= 0.3 is 0 Å². The fourth-order valence-electron chi connectivity index (χ4n) is 2.74. The molecular formula is C18H19BrClN3. The molecule has 5 heteroatoms. The van der Waals surface area contributed by atoms with Crippen molar-refractivity contribution in [2.75, 3.05) is 18.0 Å². The first-order valence-electron chi connectivity index (χ1n) is 7.56. The SMILES string of the molecule is NC1=C[C@@H](CN(Cc2ccc(Cl)cc2)c2ccc(Br)cc2)CN1. The predicted molar refractivity (Wildman–Crippen MR) is 100 cm³/mol. The highest BCUT2D eigenvalue weighted by Gasteiger charge is 2.18. The van der Waals surface area contributed by atoms with Crippen LogP contribution in [0.15, 0.2) is 64.9 Å². The van der Waals surface area contributed by atoms with E-state index >= 15 is 0 Å². The quantitative estimate of drug-likeness (QED) is 0.804. The van der Waals surface area contributed by atoms with E-state index in [1.54, 1.807) is 0 Å². The number of hydrogen-bond donors (Lipinski definition) is 2. The Morgan fingerprint density at radius 2 is 1.83 bits per heavy atom. The van der Waals surface area contributed by atoms with Gasteiger partial charge < -0.3 is 16.0 Å². The highest BCUT2D eigenvalue weighted by molar-refractivity contribution is 9.10. The zero-order valence-corrected chi connectivity index (χ0v) is 15.0. The molecule has 23 heavy (non-hydrogen) atoms. The largest absolute Gasteiger partial charge is 0.386 e. The number of nitrogens with two attached hydrogens (primary N) is 1. The summed E-state index contributed by atoms with van der Waals surface area (Å²) < 4.78 is 1.08. The summed E-state index contributed by atoms with van der Waals surface area (Å²) in [4.78, 5) is 2.37. The Balaban J connectivity index is 1.80. The molecule has 120 valence electrons. The fraction of sp³-hybridized carbons (Fsp3) is 0.222. The Bertz CT molecular complexity index is 682. The Kier molecular flexibility index (Phi) is 5.13. The lowest BCUT2D eigenvalue weighted by molar-refractivity contribution is 0.615. The van der Waals surface area contributed by atoms with Crippen molar-refractivity contribution >= 4 is 33.2 Å². The van der Waals surface area contributed by atoms with Gasteiger partial charge in [-0.25, -0.2) is 0 Å². The van der Waals surface area contributed by atoms with E-state index in [1.165, 1.54) is 11.3 Å². The summed E-state index contributed by atoms with van der Waals surface area (Å²) in [6.45, 7) is 2.64. The van der Waals surface area contributed by atoms with Crippen molar-refractivity contribution in [1.29, 1.82) is 0 Å². The first-order valence-corrected chi connectivity index (χ1v) is 8.73. The molecule has 3 nitrogen and oxygen atoms in total. The van der Waals surface area contributed by atoms with Crippen LogP contribution in [-0.4, -0.2) is 13.1 Å². The fourth-order valence-corrected chi connectivity index (χ4v) is 3.13. The van der Waals surface area contributed by atoms with Crippen molar-refractivity contribution in [3.8, 4) is 0 Å². The second-order valence-corrected chi connectivity index (χ2v) is 7.10. The van der Waals surface area contributed by atoms with Crippen LogP contribution in [0.4, 0.5) is 5.69 Å². The van der Waals surface area contributed by atoms with Crippen molar-refractivity contribution in [3.05, 3.63) is 75.5 Å². The smallest absolute Gasteiger partial charge is 0.0923 e. The van der Waals surface area contributed by atoms with Gasteiger partial charge in [0, 0.05) is 40.7 Å². The molecule has 0 unspecified atom stereocenters. The van der Waals surface area contributed by atoms with Crippen LogP contribution < -0.4 is 16.0 Å². The second-order valence-electron chi connectivity index (χ2n) is 5.75. The minimum atomic E-state index is 0.408. The van der Waals surface area contributed by atoms with Gasteiger partial charge in [-0.1, -0.05) is 39.7 Å². The molecule has 0 bridgehead atoms. The second kappa shape index (κ2) is 7.28. The first kappa shape index (κ1) is 16.2. The molecule has 0 fully saturated rings. The number of benzene rings is 2. The van der Waals surface area contributed by atoms with Gasteiger partial charge in [-0.3, -0.25) is 0 Å². The topological polar surface area (TPSA) is 41.3 Å². The summed E-state index contributed by atoms with van der Waals surface area (Å²) in [6.07, 6.45) is 2.10. The van der Waals surface area contributed by atoms with Crippen molar-refractivity contribution in [2.45, 2.75) is 6.54 Å². The number of anilines is 1. The maximum Gasteiger partial charge on any atom is 0.0923 e. The molecule has 0 saturated heterocycles. The first-order chi connectivity index (χ1) is 11.1. The monoisotopic (exact) mass is 391 g/mol. The van der Waals surface area contributed by atoms with Gasteiger partial charge in [0.2, 0.25) is 0 Å². The highest BCUT2D eigenvalue weighted by Crippen LogP contribution is 2.23. The molecule has 3 N–H and O–H groups in total. The van der Waals surface area contributed by atoms with Crippen molar-refractivity contribution in [2.24, 2.45) is 11.7 Å². The lowest BCUT2D eigenvalue weighted by Gasteiger charge is -2.27. The van der Waals surface area contributed by atoms with E-state index in [-0.39, 0.29) is 0 Å². The van der Waals surface area contributed by atoms with Crippen LogP contribution in [0.5, 0.6) is 0 Å². The summed E-state index contributed by atoms with van der Waals surface area (Å²) >= 11 is 9.48. The molecule has 1 aliphatic heterocycles. The van der Waals surface area contributed by atoms with Crippen LogP contribution in [0, 0.1) is 5.92 Å². The van der Waals surface area contributed by atoms with E-state index in [0.717, 1.165) is 35.0 Å². The average molecular weight is 393 g/mol. The van der Waals surface area contributed by atoms with E-state index in [9.17, 15) is 0 Å². The van der Waals surface area contributed by atoms with E-state index in [1.807, 2.05) is 12.1 Å². The maximum absolute atomic E-state index is 5.99. The van der Waals surface area contributed by atoms with Crippen LogP contribution in [0.1, 0.15) is 5.56 Å². The molecule has 0 aliphatic carbocycles. The van der Waals surface area contributed by atoms with Gasteiger partial charge in [-0.05, 0) is 48.0 Å². The van der Waals surface area contributed by atoms with Crippen LogP contribution >= 0.6 is 27.5 Å². The molecule has 1 aliphatic rings. The molecule has 1 atom stereocenters.